The van der Waals surface area contributed by atoms with E-state index >= 15 is 0 Å². The molecule has 0 aliphatic carbocycles. The summed E-state index contributed by atoms with van der Waals surface area (Å²) >= 11 is 13.3. The first-order chi connectivity index (χ1) is 14.5. The van der Waals surface area contributed by atoms with Crippen molar-refractivity contribution in [2.24, 2.45) is 0 Å². The number of ether oxygens (including phenoxy) is 1. The zero-order valence-electron chi connectivity index (χ0n) is 16.5. The number of nitrogens with zero attached hydrogens (tertiary/aromatic N) is 3. The summed E-state index contributed by atoms with van der Waals surface area (Å²) in [7, 11) is 1.59. The number of benzene rings is 1. The van der Waals surface area contributed by atoms with E-state index in [9.17, 15) is 9.59 Å². The lowest BCUT2D eigenvalue weighted by Crippen LogP contribution is -2.51. The van der Waals surface area contributed by atoms with Gasteiger partial charge in [-0.25, -0.2) is 4.98 Å². The highest BCUT2D eigenvalue weighted by Gasteiger charge is 2.24. The summed E-state index contributed by atoms with van der Waals surface area (Å²) in [5.74, 6) is -0.151. The first-order valence-corrected chi connectivity index (χ1v) is 11.0. The maximum atomic E-state index is 12.8. The van der Waals surface area contributed by atoms with Crippen LogP contribution in [-0.2, 0) is 9.53 Å². The van der Waals surface area contributed by atoms with Gasteiger partial charge in [0.2, 0.25) is 5.91 Å². The second kappa shape index (κ2) is 10.9. The van der Waals surface area contributed by atoms with Crippen molar-refractivity contribution in [1.29, 1.82) is 0 Å². The number of carbonyl (C=O) groups is 2. The molecule has 162 valence electrons. The SMILES string of the molecule is COCCNC(=O)CN1CCN(C(=O)c2csc(Nc3ccc(Cl)c(Cl)c3)n2)CC1. The maximum Gasteiger partial charge on any atom is 0.273 e. The number of halogens is 2. The van der Waals surface area contributed by atoms with E-state index in [1.807, 2.05) is 4.90 Å². The molecule has 0 bridgehead atoms. The van der Waals surface area contributed by atoms with Crippen molar-refractivity contribution < 1.29 is 14.3 Å². The second-order valence-electron chi connectivity index (χ2n) is 6.70. The molecule has 3 rings (SSSR count). The quantitative estimate of drug-likeness (QED) is 0.575. The van der Waals surface area contributed by atoms with Gasteiger partial charge in [0, 0.05) is 50.9 Å². The van der Waals surface area contributed by atoms with Crippen molar-refractivity contribution in [2.45, 2.75) is 0 Å². The number of aromatic nitrogens is 1. The Morgan fingerprint density at radius 3 is 2.67 bits per heavy atom. The molecule has 0 atom stereocenters. The van der Waals surface area contributed by atoms with Crippen LogP contribution in [0.2, 0.25) is 10.0 Å². The third-order valence-corrected chi connectivity index (χ3v) is 6.05. The minimum atomic E-state index is -0.113. The van der Waals surface area contributed by atoms with Crippen molar-refractivity contribution in [2.75, 3.05) is 58.3 Å². The monoisotopic (exact) mass is 471 g/mol. The van der Waals surface area contributed by atoms with Gasteiger partial charge in [-0.15, -0.1) is 11.3 Å². The molecule has 0 spiro atoms. The van der Waals surface area contributed by atoms with Gasteiger partial charge in [-0.1, -0.05) is 23.2 Å². The Morgan fingerprint density at radius 2 is 1.97 bits per heavy atom. The molecule has 0 radical (unpaired) electrons. The highest BCUT2D eigenvalue weighted by atomic mass is 35.5. The van der Waals surface area contributed by atoms with Gasteiger partial charge >= 0.3 is 0 Å². The molecule has 1 aliphatic heterocycles. The van der Waals surface area contributed by atoms with Gasteiger partial charge in [0.15, 0.2) is 5.13 Å². The zero-order valence-corrected chi connectivity index (χ0v) is 18.8. The van der Waals surface area contributed by atoms with Crippen molar-refractivity contribution in [3.05, 3.63) is 39.3 Å². The fourth-order valence-electron chi connectivity index (χ4n) is 2.95. The fourth-order valence-corrected chi connectivity index (χ4v) is 3.95. The first kappa shape index (κ1) is 22.8. The lowest BCUT2D eigenvalue weighted by Gasteiger charge is -2.33. The minimum Gasteiger partial charge on any atom is -0.383 e. The van der Waals surface area contributed by atoms with Crippen LogP contribution >= 0.6 is 34.5 Å². The predicted molar refractivity (Wildman–Crippen MR) is 119 cm³/mol. The number of methoxy groups -OCH3 is 1. The Hall–Kier alpha value is -1.91. The molecule has 2 heterocycles. The average Bonchev–Trinajstić information content (AvgIpc) is 3.19. The minimum absolute atomic E-state index is 0.0376. The van der Waals surface area contributed by atoms with Crippen LogP contribution in [0, 0.1) is 0 Å². The van der Waals surface area contributed by atoms with Crippen molar-refractivity contribution in [1.82, 2.24) is 20.1 Å². The topological polar surface area (TPSA) is 86.8 Å². The zero-order chi connectivity index (χ0) is 21.5. The maximum absolute atomic E-state index is 12.8. The highest BCUT2D eigenvalue weighted by Crippen LogP contribution is 2.28. The van der Waals surface area contributed by atoms with Crippen LogP contribution in [0.4, 0.5) is 10.8 Å². The van der Waals surface area contributed by atoms with Gasteiger partial charge in [0.1, 0.15) is 5.69 Å². The van der Waals surface area contributed by atoms with Crippen LogP contribution in [0.25, 0.3) is 0 Å². The summed E-state index contributed by atoms with van der Waals surface area (Å²) in [6, 6.07) is 5.20. The van der Waals surface area contributed by atoms with E-state index in [-0.39, 0.29) is 11.8 Å². The number of hydrogen-bond donors (Lipinski definition) is 2. The summed E-state index contributed by atoms with van der Waals surface area (Å²) in [5, 5.41) is 9.19. The van der Waals surface area contributed by atoms with Gasteiger partial charge < -0.3 is 20.3 Å². The van der Waals surface area contributed by atoms with E-state index in [0.29, 0.717) is 66.7 Å². The third kappa shape index (κ3) is 6.29. The smallest absolute Gasteiger partial charge is 0.273 e. The molecule has 2 amide bonds. The Morgan fingerprint density at radius 1 is 1.20 bits per heavy atom. The van der Waals surface area contributed by atoms with Crippen LogP contribution in [-0.4, -0.2) is 79.6 Å². The summed E-state index contributed by atoms with van der Waals surface area (Å²) in [4.78, 5) is 32.8. The largest absolute Gasteiger partial charge is 0.383 e. The molecule has 1 aliphatic rings. The van der Waals surface area contributed by atoms with E-state index < -0.39 is 0 Å². The van der Waals surface area contributed by atoms with Crippen molar-refractivity contribution in [3.8, 4) is 0 Å². The molecular formula is C19H23Cl2N5O3S. The molecule has 1 saturated heterocycles. The number of anilines is 2. The fraction of sp³-hybridized carbons (Fsp3) is 0.421. The van der Waals surface area contributed by atoms with Crippen LogP contribution in [0.15, 0.2) is 23.6 Å². The third-order valence-electron chi connectivity index (χ3n) is 4.55. The number of amides is 2. The number of hydrogen-bond acceptors (Lipinski definition) is 7. The summed E-state index contributed by atoms with van der Waals surface area (Å²) < 4.78 is 4.92. The van der Waals surface area contributed by atoms with Crippen LogP contribution < -0.4 is 10.6 Å². The van der Waals surface area contributed by atoms with E-state index in [1.54, 1.807) is 35.6 Å². The molecular weight excluding hydrogens is 449 g/mol. The lowest BCUT2D eigenvalue weighted by molar-refractivity contribution is -0.122. The number of piperazine rings is 1. The van der Waals surface area contributed by atoms with Crippen molar-refractivity contribution in [3.63, 3.8) is 0 Å². The summed E-state index contributed by atoms with van der Waals surface area (Å²) in [6.07, 6.45) is 0. The van der Waals surface area contributed by atoms with Gasteiger partial charge in [0.05, 0.1) is 23.2 Å². The van der Waals surface area contributed by atoms with Crippen LogP contribution in [0.5, 0.6) is 0 Å². The normalized spacial score (nSPS) is 14.6. The van der Waals surface area contributed by atoms with E-state index in [1.165, 1.54) is 11.3 Å². The Balaban J connectivity index is 1.48. The summed E-state index contributed by atoms with van der Waals surface area (Å²) in [6.45, 7) is 3.69. The van der Waals surface area contributed by atoms with Crippen LogP contribution in [0.3, 0.4) is 0 Å². The standard InChI is InChI=1S/C19H23Cl2N5O3S/c1-29-9-4-22-17(27)11-25-5-7-26(8-6-25)18(28)16-12-30-19(24-16)23-13-2-3-14(20)15(21)10-13/h2-3,10,12H,4-9,11H2,1H3,(H,22,27)(H,23,24). The molecule has 0 saturated carbocycles. The predicted octanol–water partition coefficient (Wildman–Crippen LogP) is 2.71. The van der Waals surface area contributed by atoms with Gasteiger partial charge in [-0.3, -0.25) is 14.5 Å². The van der Waals surface area contributed by atoms with E-state index in [4.69, 9.17) is 27.9 Å². The highest BCUT2D eigenvalue weighted by molar-refractivity contribution is 7.14. The molecule has 8 nitrogen and oxygen atoms in total. The summed E-state index contributed by atoms with van der Waals surface area (Å²) in [5.41, 5.74) is 1.14. The number of nitrogens with one attached hydrogen (secondary N) is 2. The number of carbonyl (C=O) groups excluding carboxylic acids is 2. The Kier molecular flexibility index (Phi) is 8.29. The second-order valence-corrected chi connectivity index (χ2v) is 8.38. The number of thiazole rings is 1. The van der Waals surface area contributed by atoms with Gasteiger partial charge in [-0.05, 0) is 18.2 Å². The molecule has 1 aromatic carbocycles. The Bertz CT molecular complexity index is 887. The molecule has 11 heteroatoms. The molecule has 1 fully saturated rings. The lowest BCUT2D eigenvalue weighted by atomic mass is 10.3. The van der Waals surface area contributed by atoms with E-state index in [0.717, 1.165) is 5.69 Å². The van der Waals surface area contributed by atoms with Gasteiger partial charge in [-0.2, -0.15) is 0 Å². The first-order valence-electron chi connectivity index (χ1n) is 9.41. The van der Waals surface area contributed by atoms with Crippen LogP contribution in [0.1, 0.15) is 10.5 Å². The molecule has 2 aromatic rings. The van der Waals surface area contributed by atoms with Gasteiger partial charge in [0.25, 0.3) is 5.91 Å². The molecule has 1 aromatic heterocycles. The molecule has 30 heavy (non-hydrogen) atoms. The molecule has 2 N–H and O–H groups in total. The average molecular weight is 472 g/mol. The van der Waals surface area contributed by atoms with E-state index in [2.05, 4.69) is 15.6 Å². The Labute approximate surface area is 189 Å². The molecule has 0 unspecified atom stereocenters. The number of rotatable bonds is 8. The van der Waals surface area contributed by atoms with Crippen molar-refractivity contribution >= 4 is 57.2 Å².